The van der Waals surface area contributed by atoms with Crippen LogP contribution < -0.4 is 16.0 Å². The third-order valence-electron chi connectivity index (χ3n) is 5.27. The van der Waals surface area contributed by atoms with Crippen LogP contribution in [0.3, 0.4) is 0 Å². The minimum absolute atomic E-state index is 0.233. The number of aryl methyl sites for hydroxylation is 1. The van der Waals surface area contributed by atoms with Gasteiger partial charge in [0.05, 0.1) is 10.2 Å². The monoisotopic (exact) mass is 358 g/mol. The average Bonchev–Trinajstić information content (AvgIpc) is 3.23. The van der Waals surface area contributed by atoms with Crippen LogP contribution in [0.2, 0.25) is 0 Å². The van der Waals surface area contributed by atoms with Gasteiger partial charge in [0.15, 0.2) is 0 Å². The zero-order valence-corrected chi connectivity index (χ0v) is 15.5. The van der Waals surface area contributed by atoms with Crippen LogP contribution in [0.5, 0.6) is 0 Å². The molecule has 1 N–H and O–H groups in total. The van der Waals surface area contributed by atoms with Gasteiger partial charge in [-0.1, -0.05) is 18.5 Å². The second kappa shape index (κ2) is 6.00. The van der Waals surface area contributed by atoms with E-state index in [1.807, 2.05) is 12.3 Å². The first-order valence-corrected chi connectivity index (χ1v) is 9.42. The fraction of sp³-hybridized carbons (Fsp3) is 0.444. The Kier molecular flexibility index (Phi) is 3.92. The number of rotatable bonds is 3. The Bertz CT molecular complexity index is 1060. The quantitative estimate of drug-likeness (QED) is 0.777. The third kappa shape index (κ3) is 2.49. The molecule has 1 aliphatic heterocycles. The molecule has 25 heavy (non-hydrogen) atoms. The molecule has 1 atom stereocenters. The molecule has 0 aliphatic carbocycles. The van der Waals surface area contributed by atoms with Crippen LogP contribution in [-0.4, -0.2) is 46.9 Å². The Morgan fingerprint density at radius 2 is 2.16 bits per heavy atom. The van der Waals surface area contributed by atoms with Gasteiger partial charge in [-0.05, 0) is 44.6 Å². The van der Waals surface area contributed by atoms with E-state index in [-0.39, 0.29) is 16.5 Å². The Labute approximate surface area is 149 Å². The summed E-state index contributed by atoms with van der Waals surface area (Å²) in [7, 11) is 4.24. The van der Waals surface area contributed by atoms with E-state index in [1.165, 1.54) is 11.5 Å². The van der Waals surface area contributed by atoms with Gasteiger partial charge in [-0.3, -0.25) is 18.4 Å². The molecule has 0 amide bonds. The average molecular weight is 358 g/mol. The van der Waals surface area contributed by atoms with Crippen LogP contribution in [0.15, 0.2) is 27.9 Å². The van der Waals surface area contributed by atoms with Gasteiger partial charge in [0.25, 0.3) is 11.1 Å². The van der Waals surface area contributed by atoms with Crippen LogP contribution in [0.4, 0.5) is 5.69 Å². The van der Waals surface area contributed by atoms with Gasteiger partial charge in [-0.2, -0.15) is 0 Å². The highest BCUT2D eigenvalue weighted by Crippen LogP contribution is 2.27. The van der Waals surface area contributed by atoms with Crippen LogP contribution in [0.1, 0.15) is 18.9 Å². The van der Waals surface area contributed by atoms with Crippen LogP contribution in [-0.2, 0) is 6.42 Å². The number of fused-ring (bicyclic) bond motifs is 2. The number of likely N-dealkylation sites (N-methyl/N-ethyl adjacent to an activating group) is 1. The molecule has 0 spiro atoms. The van der Waals surface area contributed by atoms with E-state index in [4.69, 9.17) is 0 Å². The number of anilines is 1. The van der Waals surface area contributed by atoms with Crippen molar-refractivity contribution in [3.63, 3.8) is 0 Å². The van der Waals surface area contributed by atoms with Crippen molar-refractivity contribution in [1.82, 2.24) is 13.7 Å². The molecule has 4 rings (SSSR count). The van der Waals surface area contributed by atoms with Crippen molar-refractivity contribution in [2.24, 2.45) is 0 Å². The maximum absolute atomic E-state index is 12.7. The molecule has 0 radical (unpaired) electrons. The highest BCUT2D eigenvalue weighted by Gasteiger charge is 2.25. The largest absolute Gasteiger partial charge is 0.370 e. The summed E-state index contributed by atoms with van der Waals surface area (Å²) in [4.78, 5) is 29.4. The molecule has 6 nitrogen and oxygen atoms in total. The van der Waals surface area contributed by atoms with E-state index in [2.05, 4.69) is 41.3 Å². The van der Waals surface area contributed by atoms with Gasteiger partial charge < -0.3 is 9.80 Å². The summed E-state index contributed by atoms with van der Waals surface area (Å²) in [6.45, 7) is 4.08. The molecular weight excluding hydrogens is 336 g/mol. The number of nitrogens with one attached hydrogen (secondary N) is 1. The fourth-order valence-corrected chi connectivity index (χ4v) is 4.73. The van der Waals surface area contributed by atoms with Crippen LogP contribution in [0.25, 0.3) is 15.6 Å². The normalized spacial score (nSPS) is 18.1. The number of aromatic nitrogens is 2. The maximum atomic E-state index is 12.7. The lowest BCUT2D eigenvalue weighted by Gasteiger charge is -2.22. The first-order chi connectivity index (χ1) is 12.0. The first-order valence-electron chi connectivity index (χ1n) is 8.61. The minimum Gasteiger partial charge on any atom is -0.370 e. The van der Waals surface area contributed by atoms with Crippen LogP contribution >= 0.6 is 11.5 Å². The minimum atomic E-state index is -0.286. The van der Waals surface area contributed by atoms with Gasteiger partial charge >= 0.3 is 0 Å². The molecule has 0 unspecified atom stereocenters. The number of H-pyrrole nitrogens is 1. The van der Waals surface area contributed by atoms with E-state index >= 15 is 0 Å². The topological polar surface area (TPSA) is 60.8 Å². The summed E-state index contributed by atoms with van der Waals surface area (Å²) in [6.07, 6.45) is 3.73. The molecule has 1 aliphatic rings. The Morgan fingerprint density at radius 1 is 1.36 bits per heavy atom. The summed E-state index contributed by atoms with van der Waals surface area (Å²) in [5, 5.41) is 0.279. The molecule has 0 aromatic carbocycles. The zero-order valence-electron chi connectivity index (χ0n) is 14.7. The second-order valence-electron chi connectivity index (χ2n) is 6.87. The van der Waals surface area contributed by atoms with Crippen molar-refractivity contribution in [3.05, 3.63) is 44.6 Å². The second-order valence-corrected chi connectivity index (χ2v) is 7.68. The van der Waals surface area contributed by atoms with Crippen molar-refractivity contribution < 1.29 is 0 Å². The van der Waals surface area contributed by atoms with Crippen molar-refractivity contribution in [2.75, 3.05) is 32.1 Å². The van der Waals surface area contributed by atoms with Gasteiger partial charge in [0, 0.05) is 31.0 Å². The molecule has 3 aromatic rings. The predicted octanol–water partition coefficient (Wildman–Crippen LogP) is 1.91. The molecule has 4 heterocycles. The highest BCUT2D eigenvalue weighted by molar-refractivity contribution is 7.13. The van der Waals surface area contributed by atoms with E-state index in [0.29, 0.717) is 6.04 Å². The van der Waals surface area contributed by atoms with Gasteiger partial charge in [0.2, 0.25) is 0 Å². The van der Waals surface area contributed by atoms with E-state index in [1.54, 1.807) is 4.40 Å². The lowest BCUT2D eigenvalue weighted by Crippen LogP contribution is -2.31. The Balaban J connectivity index is 1.90. The summed E-state index contributed by atoms with van der Waals surface area (Å²) in [5.41, 5.74) is 2.58. The number of hydrogen-bond acceptors (Lipinski definition) is 5. The van der Waals surface area contributed by atoms with Crippen molar-refractivity contribution in [3.8, 4) is 0 Å². The zero-order chi connectivity index (χ0) is 17.7. The smallest absolute Gasteiger partial charge is 0.271 e. The van der Waals surface area contributed by atoms with E-state index in [9.17, 15) is 9.59 Å². The molecule has 132 valence electrons. The lowest BCUT2D eigenvalue weighted by molar-refractivity contribution is 0.315. The molecule has 1 saturated heterocycles. The maximum Gasteiger partial charge on any atom is 0.271 e. The molecule has 0 bridgehead atoms. The van der Waals surface area contributed by atoms with Gasteiger partial charge in [-0.15, -0.1) is 0 Å². The number of nitrogens with zero attached hydrogens (tertiary/aromatic N) is 3. The Morgan fingerprint density at radius 3 is 2.84 bits per heavy atom. The fourth-order valence-electron chi connectivity index (χ4n) is 3.78. The van der Waals surface area contributed by atoms with Gasteiger partial charge in [-0.25, -0.2) is 0 Å². The lowest BCUT2D eigenvalue weighted by atomic mass is 10.1. The van der Waals surface area contributed by atoms with Crippen molar-refractivity contribution >= 4 is 32.8 Å². The third-order valence-corrected chi connectivity index (χ3v) is 6.21. The molecule has 7 heteroatoms. The highest BCUT2D eigenvalue weighted by atomic mass is 32.1. The van der Waals surface area contributed by atoms with E-state index < -0.39 is 0 Å². The number of aromatic amines is 1. The summed E-state index contributed by atoms with van der Waals surface area (Å²) < 4.78 is 5.12. The molecule has 1 fully saturated rings. The summed E-state index contributed by atoms with van der Waals surface area (Å²) in [6, 6.07) is 4.64. The van der Waals surface area contributed by atoms with Crippen molar-refractivity contribution in [1.29, 1.82) is 0 Å². The molecule has 3 aromatic heterocycles. The van der Waals surface area contributed by atoms with Crippen molar-refractivity contribution in [2.45, 2.75) is 25.8 Å². The number of pyridine rings is 2. The van der Waals surface area contributed by atoms with Crippen LogP contribution in [0, 0.1) is 0 Å². The van der Waals surface area contributed by atoms with E-state index in [0.717, 1.165) is 47.4 Å². The molecular formula is C18H22N4O2S. The summed E-state index contributed by atoms with van der Waals surface area (Å²) in [5.74, 6) is 0. The SMILES string of the molecule is CCc1c2s[nH]c(=O)c2c(=O)n2ccc(N3CC[C@@H](N(C)C)C3)cc12. The summed E-state index contributed by atoms with van der Waals surface area (Å²) >= 11 is 1.27. The Hall–Kier alpha value is -2.12. The first kappa shape index (κ1) is 16.4. The standard InChI is InChI=1S/C18H22N4O2S/c1-4-13-14-9-11(21-7-5-12(10-21)20(2)3)6-8-22(14)18(24)15-16(13)25-19-17(15)23/h6,8-9,12H,4-5,7,10H2,1-3H3,(H,19,23)/t12-/m1/s1. The van der Waals surface area contributed by atoms with Gasteiger partial charge in [0.1, 0.15) is 5.39 Å². The predicted molar refractivity (Wildman–Crippen MR) is 103 cm³/mol. The molecule has 0 saturated carbocycles. The number of hydrogen-bond donors (Lipinski definition) is 1.